The number of ether oxygens (including phenoxy) is 1. The molecule has 1 unspecified atom stereocenters. The van der Waals surface area contributed by atoms with Crippen LogP contribution in [0.3, 0.4) is 0 Å². The van der Waals surface area contributed by atoms with E-state index >= 15 is 0 Å². The highest BCUT2D eigenvalue weighted by atomic mass is 16.5. The molecule has 0 aromatic heterocycles. The minimum Gasteiger partial charge on any atom is -0.482 e. The summed E-state index contributed by atoms with van der Waals surface area (Å²) < 4.78 is 5.28. The number of hydrogen-bond donors (Lipinski definition) is 0. The summed E-state index contributed by atoms with van der Waals surface area (Å²) in [5.41, 5.74) is 0.961. The van der Waals surface area contributed by atoms with Crippen LogP contribution < -0.4 is 4.74 Å². The fraction of sp³-hybridized carbons (Fsp3) is 0.200. The monoisotopic (exact) mass is 161 g/mol. The average molecular weight is 161 g/mol. The van der Waals surface area contributed by atoms with E-state index in [9.17, 15) is 4.79 Å². The molecule has 2 heteroatoms. The highest BCUT2D eigenvalue weighted by Crippen LogP contribution is 2.24. The first-order valence-electron chi connectivity index (χ1n) is 3.88. The van der Waals surface area contributed by atoms with E-state index in [4.69, 9.17) is 4.74 Å². The zero-order valence-corrected chi connectivity index (χ0v) is 6.62. The summed E-state index contributed by atoms with van der Waals surface area (Å²) in [5.74, 6) is 0.839. The van der Waals surface area contributed by atoms with Gasteiger partial charge in [0.2, 0.25) is 0 Å². The second-order valence-electron chi connectivity index (χ2n) is 2.86. The van der Waals surface area contributed by atoms with Gasteiger partial charge in [0.15, 0.2) is 11.9 Å². The van der Waals surface area contributed by atoms with Gasteiger partial charge in [-0.05, 0) is 13.0 Å². The van der Waals surface area contributed by atoms with E-state index in [0.29, 0.717) is 6.42 Å². The Kier molecular flexibility index (Phi) is 1.61. The number of carbonyl (C=O) groups is 1. The normalized spacial score (nSPS) is 21.4. The Morgan fingerprint density at radius 2 is 2.17 bits per heavy atom. The van der Waals surface area contributed by atoms with E-state index in [1.807, 2.05) is 24.3 Å². The molecule has 0 saturated heterocycles. The lowest BCUT2D eigenvalue weighted by molar-refractivity contribution is -0.124. The van der Waals surface area contributed by atoms with E-state index in [2.05, 4.69) is 6.92 Å². The number of hydrogen-bond acceptors (Lipinski definition) is 2. The van der Waals surface area contributed by atoms with Crippen LogP contribution in [-0.4, -0.2) is 11.9 Å². The highest BCUT2D eigenvalue weighted by Gasteiger charge is 2.22. The largest absolute Gasteiger partial charge is 0.482 e. The van der Waals surface area contributed by atoms with Gasteiger partial charge in [0.1, 0.15) is 5.75 Å². The summed E-state index contributed by atoms with van der Waals surface area (Å²) in [5, 5.41) is 0. The van der Waals surface area contributed by atoms with Gasteiger partial charge in [-0.15, -0.1) is 0 Å². The fourth-order valence-electron chi connectivity index (χ4n) is 1.29. The Hall–Kier alpha value is -1.31. The molecule has 12 heavy (non-hydrogen) atoms. The number of para-hydroxylation sites is 1. The van der Waals surface area contributed by atoms with Gasteiger partial charge in [0.05, 0.1) is 0 Å². The van der Waals surface area contributed by atoms with Crippen LogP contribution in [0.1, 0.15) is 5.56 Å². The maximum absolute atomic E-state index is 11.2. The summed E-state index contributed by atoms with van der Waals surface area (Å²) in [6, 6.07) is 7.55. The molecule has 0 spiro atoms. The molecule has 0 amide bonds. The summed E-state index contributed by atoms with van der Waals surface area (Å²) in [7, 11) is 0. The SMILES string of the molecule is [CH2]C1Oc2ccccc2CC1=O. The van der Waals surface area contributed by atoms with E-state index < -0.39 is 6.10 Å². The van der Waals surface area contributed by atoms with Crippen LogP contribution in [0.25, 0.3) is 0 Å². The van der Waals surface area contributed by atoms with E-state index in [1.54, 1.807) is 0 Å². The molecule has 61 valence electrons. The van der Waals surface area contributed by atoms with Crippen molar-refractivity contribution in [2.24, 2.45) is 0 Å². The lowest BCUT2D eigenvalue weighted by atomic mass is 10.0. The molecule has 1 aromatic rings. The van der Waals surface area contributed by atoms with Crippen LogP contribution in [0.15, 0.2) is 24.3 Å². The third kappa shape index (κ3) is 1.09. The van der Waals surface area contributed by atoms with Gasteiger partial charge in [0.25, 0.3) is 0 Å². The molecule has 1 radical (unpaired) electrons. The molecule has 1 heterocycles. The first-order chi connectivity index (χ1) is 5.77. The minimum atomic E-state index is -0.528. The quantitative estimate of drug-likeness (QED) is 0.574. The summed E-state index contributed by atoms with van der Waals surface area (Å²) in [6.07, 6.45) is -0.0791. The highest BCUT2D eigenvalue weighted by molar-refractivity contribution is 5.88. The van der Waals surface area contributed by atoms with Crippen LogP contribution in [0.5, 0.6) is 5.75 Å². The van der Waals surface area contributed by atoms with Crippen molar-refractivity contribution in [3.05, 3.63) is 36.8 Å². The first-order valence-corrected chi connectivity index (χ1v) is 3.88. The Morgan fingerprint density at radius 3 is 3.00 bits per heavy atom. The average Bonchev–Trinajstić information content (AvgIpc) is 2.07. The fourth-order valence-corrected chi connectivity index (χ4v) is 1.29. The number of ketones is 1. The van der Waals surface area contributed by atoms with Crippen molar-refractivity contribution in [3.63, 3.8) is 0 Å². The maximum Gasteiger partial charge on any atom is 0.177 e. The van der Waals surface area contributed by atoms with Crippen molar-refractivity contribution in [1.82, 2.24) is 0 Å². The standard InChI is InChI=1S/C10H9O2/c1-7-9(11)6-8-4-2-3-5-10(8)12-7/h2-5,7H,1,6H2. The van der Waals surface area contributed by atoms with Gasteiger partial charge in [-0.2, -0.15) is 0 Å². The first kappa shape index (κ1) is 7.35. The lowest BCUT2D eigenvalue weighted by Crippen LogP contribution is -2.30. The summed E-state index contributed by atoms with van der Waals surface area (Å²) >= 11 is 0. The van der Waals surface area contributed by atoms with Gasteiger partial charge < -0.3 is 4.74 Å². The van der Waals surface area contributed by atoms with Gasteiger partial charge >= 0.3 is 0 Å². The van der Waals surface area contributed by atoms with Crippen molar-refractivity contribution in [2.45, 2.75) is 12.5 Å². The molecule has 1 aliphatic rings. The minimum absolute atomic E-state index is 0.0497. The zero-order valence-electron chi connectivity index (χ0n) is 6.62. The van der Waals surface area contributed by atoms with Crippen molar-refractivity contribution in [1.29, 1.82) is 0 Å². The molecule has 0 bridgehead atoms. The molecule has 2 rings (SSSR count). The van der Waals surface area contributed by atoms with Crippen LogP contribution in [0, 0.1) is 6.92 Å². The number of fused-ring (bicyclic) bond motifs is 1. The third-order valence-electron chi connectivity index (χ3n) is 1.97. The number of Topliss-reactive ketones (excluding diaryl/α,β-unsaturated/α-hetero) is 1. The van der Waals surface area contributed by atoms with Crippen LogP contribution in [0.4, 0.5) is 0 Å². The van der Waals surface area contributed by atoms with Crippen molar-refractivity contribution in [3.8, 4) is 5.75 Å². The van der Waals surface area contributed by atoms with Crippen LogP contribution in [-0.2, 0) is 11.2 Å². The second kappa shape index (κ2) is 2.63. The predicted molar refractivity (Wildman–Crippen MR) is 44.9 cm³/mol. The molecule has 1 aromatic carbocycles. The second-order valence-corrected chi connectivity index (χ2v) is 2.86. The smallest absolute Gasteiger partial charge is 0.177 e. The zero-order chi connectivity index (χ0) is 8.55. The molecule has 1 atom stereocenters. The van der Waals surface area contributed by atoms with Gasteiger partial charge in [-0.3, -0.25) is 4.79 Å². The lowest BCUT2D eigenvalue weighted by Gasteiger charge is -2.21. The number of carbonyl (C=O) groups excluding carboxylic acids is 1. The molecule has 0 saturated carbocycles. The van der Waals surface area contributed by atoms with Gasteiger partial charge in [0, 0.05) is 12.0 Å². The molecule has 0 aliphatic carbocycles. The third-order valence-corrected chi connectivity index (χ3v) is 1.97. The van der Waals surface area contributed by atoms with E-state index in [1.165, 1.54) is 0 Å². The Balaban J connectivity index is 2.40. The maximum atomic E-state index is 11.2. The van der Waals surface area contributed by atoms with E-state index in [-0.39, 0.29) is 5.78 Å². The van der Waals surface area contributed by atoms with Gasteiger partial charge in [-0.25, -0.2) is 0 Å². The molecule has 0 fully saturated rings. The van der Waals surface area contributed by atoms with Crippen molar-refractivity contribution < 1.29 is 9.53 Å². The van der Waals surface area contributed by atoms with Crippen molar-refractivity contribution >= 4 is 5.78 Å². The summed E-state index contributed by atoms with van der Waals surface area (Å²) in [6.45, 7) is 3.61. The number of benzene rings is 1. The van der Waals surface area contributed by atoms with Crippen LogP contribution in [0.2, 0.25) is 0 Å². The van der Waals surface area contributed by atoms with E-state index in [0.717, 1.165) is 11.3 Å². The van der Waals surface area contributed by atoms with Crippen molar-refractivity contribution in [2.75, 3.05) is 0 Å². The van der Waals surface area contributed by atoms with Crippen LogP contribution >= 0.6 is 0 Å². The Bertz CT molecular complexity index is 317. The molecule has 2 nitrogen and oxygen atoms in total. The summed E-state index contributed by atoms with van der Waals surface area (Å²) in [4.78, 5) is 11.2. The van der Waals surface area contributed by atoms with Gasteiger partial charge in [-0.1, -0.05) is 18.2 Å². The number of rotatable bonds is 0. The molecular weight excluding hydrogens is 152 g/mol. The Morgan fingerprint density at radius 1 is 1.42 bits per heavy atom. The molecular formula is C10H9O2. The topological polar surface area (TPSA) is 26.3 Å². The Labute approximate surface area is 71.2 Å². The molecule has 0 N–H and O–H groups in total. The molecule has 1 aliphatic heterocycles. The predicted octanol–water partition coefficient (Wildman–Crippen LogP) is 1.39.